The molecular weight excluding hydrogens is 316 g/mol. The van der Waals surface area contributed by atoms with Crippen LogP contribution in [0.1, 0.15) is 11.1 Å². The largest absolute Gasteiger partial charge is 0.205 e. The molecule has 3 rings (SSSR count). The van der Waals surface area contributed by atoms with Crippen LogP contribution in [-0.4, -0.2) is 20.2 Å². The highest BCUT2D eigenvalue weighted by Crippen LogP contribution is 2.19. The summed E-state index contributed by atoms with van der Waals surface area (Å²) in [5.41, 5.74) is 3.29. The van der Waals surface area contributed by atoms with Crippen LogP contribution in [0.15, 0.2) is 53.0 Å². The lowest BCUT2D eigenvalue weighted by Crippen LogP contribution is -2.04. The van der Waals surface area contributed by atoms with Crippen LogP contribution in [-0.2, 0) is 6.54 Å². The molecule has 4 nitrogen and oxygen atoms in total. The molecule has 0 fully saturated rings. The Morgan fingerprint density at radius 1 is 1.05 bits per heavy atom. The number of aryl methyl sites for hydroxylation is 1. The minimum Gasteiger partial charge on any atom is -0.159 e. The van der Waals surface area contributed by atoms with Gasteiger partial charge in [0.2, 0.25) is 5.82 Å². The average Bonchev–Trinajstić information content (AvgIpc) is 2.90. The number of hydrogen-bond acceptors (Lipinski definition) is 3. The van der Waals surface area contributed by atoms with E-state index >= 15 is 0 Å². The Morgan fingerprint density at radius 2 is 1.80 bits per heavy atom. The van der Waals surface area contributed by atoms with Crippen molar-refractivity contribution in [3.8, 4) is 11.4 Å². The predicted octanol–water partition coefficient (Wildman–Crippen LogP) is 3.46. The van der Waals surface area contributed by atoms with E-state index in [4.69, 9.17) is 0 Å². The third-order valence-electron chi connectivity index (χ3n) is 3.11. The lowest BCUT2D eigenvalue weighted by molar-refractivity contribution is 0.571. The van der Waals surface area contributed by atoms with Gasteiger partial charge in [-0.05, 0) is 29.3 Å². The molecule has 0 N–H and O–H groups in total. The Kier molecular flexibility index (Phi) is 3.60. The van der Waals surface area contributed by atoms with E-state index in [2.05, 4.69) is 31.3 Å². The van der Waals surface area contributed by atoms with Gasteiger partial charge in [0.05, 0.1) is 6.54 Å². The van der Waals surface area contributed by atoms with Gasteiger partial charge < -0.3 is 0 Å². The SMILES string of the molecule is Cc1ccccc1-c1nnn(Cc2ccccc2Br)n1. The summed E-state index contributed by atoms with van der Waals surface area (Å²) in [5, 5.41) is 12.7. The molecule has 2 aromatic carbocycles. The fourth-order valence-electron chi connectivity index (χ4n) is 2.02. The number of tetrazole rings is 1. The van der Waals surface area contributed by atoms with Gasteiger partial charge in [-0.1, -0.05) is 58.4 Å². The molecule has 0 aliphatic heterocycles. The lowest BCUT2D eigenvalue weighted by atomic mass is 10.1. The van der Waals surface area contributed by atoms with Crippen LogP contribution in [0.2, 0.25) is 0 Å². The summed E-state index contributed by atoms with van der Waals surface area (Å²) < 4.78 is 1.05. The van der Waals surface area contributed by atoms with Crippen molar-refractivity contribution in [2.45, 2.75) is 13.5 Å². The minimum atomic E-state index is 0.598. The first-order chi connectivity index (χ1) is 9.74. The van der Waals surface area contributed by atoms with Crippen LogP contribution in [0.4, 0.5) is 0 Å². The Hall–Kier alpha value is -2.01. The van der Waals surface area contributed by atoms with Crippen molar-refractivity contribution < 1.29 is 0 Å². The van der Waals surface area contributed by atoms with E-state index in [0.29, 0.717) is 12.4 Å². The van der Waals surface area contributed by atoms with Gasteiger partial charge in [0.1, 0.15) is 0 Å². The number of hydrogen-bond donors (Lipinski definition) is 0. The van der Waals surface area contributed by atoms with Gasteiger partial charge in [-0.2, -0.15) is 4.80 Å². The van der Waals surface area contributed by atoms with Crippen molar-refractivity contribution in [2.75, 3.05) is 0 Å². The van der Waals surface area contributed by atoms with Gasteiger partial charge in [0, 0.05) is 10.0 Å². The summed E-state index contributed by atoms with van der Waals surface area (Å²) >= 11 is 3.53. The molecular formula is C15H13BrN4. The first-order valence-corrected chi connectivity index (χ1v) is 7.10. The highest BCUT2D eigenvalue weighted by Gasteiger charge is 2.09. The second kappa shape index (κ2) is 5.54. The Bertz CT molecular complexity index is 736. The topological polar surface area (TPSA) is 43.6 Å². The zero-order valence-electron chi connectivity index (χ0n) is 11.0. The van der Waals surface area contributed by atoms with Gasteiger partial charge in [0.15, 0.2) is 0 Å². The highest BCUT2D eigenvalue weighted by molar-refractivity contribution is 9.10. The van der Waals surface area contributed by atoms with Crippen molar-refractivity contribution >= 4 is 15.9 Å². The Balaban J connectivity index is 1.88. The van der Waals surface area contributed by atoms with E-state index in [-0.39, 0.29) is 0 Å². The molecule has 0 atom stereocenters. The summed E-state index contributed by atoms with van der Waals surface area (Å²) in [7, 11) is 0. The second-order valence-electron chi connectivity index (χ2n) is 4.55. The predicted molar refractivity (Wildman–Crippen MR) is 81.2 cm³/mol. The van der Waals surface area contributed by atoms with Gasteiger partial charge >= 0.3 is 0 Å². The molecule has 100 valence electrons. The molecule has 0 aliphatic rings. The molecule has 1 aromatic heterocycles. The van der Waals surface area contributed by atoms with Crippen LogP contribution in [0.3, 0.4) is 0 Å². The number of aromatic nitrogens is 4. The van der Waals surface area contributed by atoms with Crippen LogP contribution >= 0.6 is 15.9 Å². The quantitative estimate of drug-likeness (QED) is 0.739. The minimum absolute atomic E-state index is 0.598. The normalized spacial score (nSPS) is 10.7. The molecule has 20 heavy (non-hydrogen) atoms. The summed E-state index contributed by atoms with van der Waals surface area (Å²) in [4.78, 5) is 1.61. The van der Waals surface area contributed by atoms with Crippen LogP contribution in [0, 0.1) is 6.92 Å². The molecule has 3 aromatic rings. The molecule has 5 heteroatoms. The zero-order chi connectivity index (χ0) is 13.9. The van der Waals surface area contributed by atoms with Gasteiger partial charge in [-0.15, -0.1) is 10.2 Å². The summed E-state index contributed by atoms with van der Waals surface area (Å²) in [6.07, 6.45) is 0. The second-order valence-corrected chi connectivity index (χ2v) is 5.40. The van der Waals surface area contributed by atoms with Crippen molar-refractivity contribution in [3.05, 3.63) is 64.1 Å². The van der Waals surface area contributed by atoms with E-state index in [1.807, 2.05) is 55.5 Å². The third kappa shape index (κ3) is 2.63. The number of rotatable bonds is 3. The monoisotopic (exact) mass is 328 g/mol. The zero-order valence-corrected chi connectivity index (χ0v) is 12.6. The fraction of sp³-hybridized carbons (Fsp3) is 0.133. The molecule has 0 radical (unpaired) electrons. The maximum absolute atomic E-state index is 4.45. The third-order valence-corrected chi connectivity index (χ3v) is 3.88. The van der Waals surface area contributed by atoms with E-state index in [9.17, 15) is 0 Å². The maximum atomic E-state index is 4.45. The maximum Gasteiger partial charge on any atom is 0.205 e. The smallest absolute Gasteiger partial charge is 0.159 e. The van der Waals surface area contributed by atoms with Crippen LogP contribution in [0.5, 0.6) is 0 Å². The summed E-state index contributed by atoms with van der Waals surface area (Å²) in [5.74, 6) is 0.662. The molecule has 0 unspecified atom stereocenters. The van der Waals surface area contributed by atoms with Crippen molar-refractivity contribution in [3.63, 3.8) is 0 Å². The molecule has 0 aliphatic carbocycles. The number of benzene rings is 2. The highest BCUT2D eigenvalue weighted by atomic mass is 79.9. The van der Waals surface area contributed by atoms with E-state index in [0.717, 1.165) is 21.2 Å². The summed E-state index contributed by atoms with van der Waals surface area (Å²) in [6.45, 7) is 2.64. The molecule has 0 saturated heterocycles. The summed E-state index contributed by atoms with van der Waals surface area (Å²) in [6, 6.07) is 16.1. The molecule has 0 saturated carbocycles. The van der Waals surface area contributed by atoms with E-state index < -0.39 is 0 Å². The first kappa shape index (κ1) is 13.0. The van der Waals surface area contributed by atoms with E-state index in [1.54, 1.807) is 4.80 Å². The Labute approximate surface area is 125 Å². The van der Waals surface area contributed by atoms with Crippen LogP contribution < -0.4 is 0 Å². The van der Waals surface area contributed by atoms with Crippen molar-refractivity contribution in [1.29, 1.82) is 0 Å². The van der Waals surface area contributed by atoms with Crippen molar-refractivity contribution in [2.24, 2.45) is 0 Å². The standard InChI is InChI=1S/C15H13BrN4/c1-11-6-2-4-8-13(11)15-17-19-20(18-15)10-12-7-3-5-9-14(12)16/h2-9H,10H2,1H3. The lowest BCUT2D eigenvalue weighted by Gasteiger charge is -2.02. The molecule has 1 heterocycles. The van der Waals surface area contributed by atoms with Crippen LogP contribution in [0.25, 0.3) is 11.4 Å². The number of halogens is 1. The van der Waals surface area contributed by atoms with E-state index in [1.165, 1.54) is 0 Å². The fourth-order valence-corrected chi connectivity index (χ4v) is 2.43. The number of nitrogens with zero attached hydrogens (tertiary/aromatic N) is 4. The van der Waals surface area contributed by atoms with Crippen molar-refractivity contribution in [1.82, 2.24) is 20.2 Å². The van der Waals surface area contributed by atoms with Gasteiger partial charge in [0.25, 0.3) is 0 Å². The molecule has 0 bridgehead atoms. The molecule has 0 spiro atoms. The van der Waals surface area contributed by atoms with Gasteiger partial charge in [-0.3, -0.25) is 0 Å². The Morgan fingerprint density at radius 3 is 2.60 bits per heavy atom. The van der Waals surface area contributed by atoms with Gasteiger partial charge in [-0.25, -0.2) is 0 Å². The molecule has 0 amide bonds. The average molecular weight is 329 g/mol. The first-order valence-electron chi connectivity index (χ1n) is 6.31.